The topological polar surface area (TPSA) is 29.0 Å². The van der Waals surface area contributed by atoms with Gasteiger partial charge in [0.1, 0.15) is 11.6 Å². The molecule has 0 amide bonds. The Labute approximate surface area is 146 Å². The summed E-state index contributed by atoms with van der Waals surface area (Å²) in [4.78, 5) is 10.7. The van der Waals surface area contributed by atoms with E-state index in [2.05, 4.69) is 36.9 Å². The molecule has 1 aliphatic rings. The van der Waals surface area contributed by atoms with E-state index in [9.17, 15) is 4.39 Å². The fourth-order valence-electron chi connectivity index (χ4n) is 3.06. The molecular formula is C17H12BrClFN3. The molecule has 3 aromatic rings. The average Bonchev–Trinajstić information content (AvgIpc) is 2.55. The molecule has 116 valence electrons. The van der Waals surface area contributed by atoms with Crippen LogP contribution in [0.15, 0.2) is 40.9 Å². The number of fused-ring (bicyclic) bond motifs is 2. The molecule has 0 fully saturated rings. The molecule has 0 N–H and O–H groups in total. The first-order valence-electron chi connectivity index (χ1n) is 7.31. The Balaban J connectivity index is 1.97. The maximum absolute atomic E-state index is 13.7. The van der Waals surface area contributed by atoms with Gasteiger partial charge in [-0.3, -0.25) is 0 Å². The summed E-state index contributed by atoms with van der Waals surface area (Å²) in [5, 5.41) is 0.837. The number of aromatic nitrogens is 2. The lowest BCUT2D eigenvalue weighted by Crippen LogP contribution is -2.26. The zero-order valence-electron chi connectivity index (χ0n) is 12.1. The van der Waals surface area contributed by atoms with E-state index in [-0.39, 0.29) is 11.1 Å². The van der Waals surface area contributed by atoms with Crippen molar-refractivity contribution in [3.8, 4) is 0 Å². The van der Waals surface area contributed by atoms with E-state index in [0.29, 0.717) is 16.7 Å². The Morgan fingerprint density at radius 1 is 1.17 bits per heavy atom. The third kappa shape index (κ3) is 2.58. The molecule has 0 atom stereocenters. The Hall–Kier alpha value is -1.72. The molecule has 3 nitrogen and oxygen atoms in total. The van der Waals surface area contributed by atoms with E-state index < -0.39 is 0 Å². The summed E-state index contributed by atoms with van der Waals surface area (Å²) in [6.07, 6.45) is 1.99. The van der Waals surface area contributed by atoms with Crippen LogP contribution in [0.5, 0.6) is 0 Å². The van der Waals surface area contributed by atoms with Crippen molar-refractivity contribution in [2.45, 2.75) is 12.8 Å². The third-order valence-corrected chi connectivity index (χ3v) is 4.97. The number of halogens is 3. The third-order valence-electron chi connectivity index (χ3n) is 4.06. The van der Waals surface area contributed by atoms with Gasteiger partial charge in [0.25, 0.3) is 0 Å². The first kappa shape index (κ1) is 14.8. The van der Waals surface area contributed by atoms with Gasteiger partial charge in [0.15, 0.2) is 0 Å². The molecule has 2 aromatic carbocycles. The van der Waals surface area contributed by atoms with Gasteiger partial charge in [-0.25, -0.2) is 9.37 Å². The summed E-state index contributed by atoms with van der Waals surface area (Å²) >= 11 is 9.70. The van der Waals surface area contributed by atoms with E-state index in [1.54, 1.807) is 6.07 Å². The molecule has 4 rings (SSSR count). The average molecular weight is 393 g/mol. The highest BCUT2D eigenvalue weighted by Crippen LogP contribution is 2.39. The van der Waals surface area contributed by atoms with Gasteiger partial charge in [-0.1, -0.05) is 22.0 Å². The maximum atomic E-state index is 13.7. The van der Waals surface area contributed by atoms with Gasteiger partial charge in [-0.05, 0) is 60.3 Å². The number of anilines is 2. The smallest absolute Gasteiger partial charge is 0.224 e. The van der Waals surface area contributed by atoms with Gasteiger partial charge in [0, 0.05) is 22.1 Å². The number of rotatable bonds is 1. The van der Waals surface area contributed by atoms with Crippen molar-refractivity contribution >= 4 is 49.9 Å². The van der Waals surface area contributed by atoms with Crippen LogP contribution in [0.1, 0.15) is 12.0 Å². The Kier molecular flexibility index (Phi) is 3.70. The summed E-state index contributed by atoms with van der Waals surface area (Å²) in [6, 6.07) is 10.6. The first-order valence-corrected chi connectivity index (χ1v) is 8.48. The zero-order valence-corrected chi connectivity index (χ0v) is 14.4. The summed E-state index contributed by atoms with van der Waals surface area (Å²) in [5.74, 6) is 0.342. The second-order valence-corrected chi connectivity index (χ2v) is 6.66. The molecule has 6 heteroatoms. The Bertz CT molecular complexity index is 916. The van der Waals surface area contributed by atoms with Gasteiger partial charge in [0.05, 0.1) is 5.52 Å². The Morgan fingerprint density at radius 3 is 2.91 bits per heavy atom. The fourth-order valence-corrected chi connectivity index (χ4v) is 3.79. The van der Waals surface area contributed by atoms with Gasteiger partial charge in [0.2, 0.25) is 5.28 Å². The number of benzene rings is 2. The summed E-state index contributed by atoms with van der Waals surface area (Å²) < 4.78 is 14.8. The van der Waals surface area contributed by atoms with Crippen LogP contribution < -0.4 is 4.90 Å². The highest BCUT2D eigenvalue weighted by Gasteiger charge is 2.23. The Morgan fingerprint density at radius 2 is 2.04 bits per heavy atom. The first-order chi connectivity index (χ1) is 11.1. The van der Waals surface area contributed by atoms with Gasteiger partial charge in [-0.15, -0.1) is 0 Å². The van der Waals surface area contributed by atoms with E-state index in [0.717, 1.165) is 29.5 Å². The van der Waals surface area contributed by atoms with E-state index in [4.69, 9.17) is 11.6 Å². The van der Waals surface area contributed by atoms with Crippen LogP contribution in [-0.4, -0.2) is 16.5 Å². The van der Waals surface area contributed by atoms with Crippen molar-refractivity contribution in [3.05, 3.63) is 57.5 Å². The standard InChI is InChI=1S/C17H12BrClFN3/c18-13-4-1-5-15-11(13)3-2-8-23(15)16-12-9-10(20)6-7-14(12)21-17(19)22-16/h1,4-7,9H,2-3,8H2. The van der Waals surface area contributed by atoms with Crippen LogP contribution >= 0.6 is 27.5 Å². The predicted molar refractivity (Wildman–Crippen MR) is 94.0 cm³/mol. The fraction of sp³-hybridized carbons (Fsp3) is 0.176. The van der Waals surface area contributed by atoms with Gasteiger partial charge >= 0.3 is 0 Å². The molecule has 0 radical (unpaired) electrons. The van der Waals surface area contributed by atoms with Gasteiger partial charge in [-0.2, -0.15) is 4.98 Å². The van der Waals surface area contributed by atoms with Crippen LogP contribution in [-0.2, 0) is 6.42 Å². The van der Waals surface area contributed by atoms with Gasteiger partial charge < -0.3 is 4.90 Å². The highest BCUT2D eigenvalue weighted by molar-refractivity contribution is 9.10. The summed E-state index contributed by atoms with van der Waals surface area (Å²) in [6.45, 7) is 0.808. The van der Waals surface area contributed by atoms with Crippen molar-refractivity contribution in [2.75, 3.05) is 11.4 Å². The van der Waals surface area contributed by atoms with Crippen LogP contribution in [0.3, 0.4) is 0 Å². The van der Waals surface area contributed by atoms with E-state index >= 15 is 0 Å². The molecule has 23 heavy (non-hydrogen) atoms. The van der Waals surface area contributed by atoms with Crippen molar-refractivity contribution in [3.63, 3.8) is 0 Å². The lowest BCUT2D eigenvalue weighted by molar-refractivity contribution is 0.629. The van der Waals surface area contributed by atoms with Crippen LogP contribution in [0.25, 0.3) is 10.9 Å². The SMILES string of the molecule is Fc1ccc2nc(Cl)nc(N3CCCc4c(Br)cccc43)c2c1. The molecule has 0 saturated heterocycles. The van der Waals surface area contributed by atoms with Crippen molar-refractivity contribution in [1.29, 1.82) is 0 Å². The maximum Gasteiger partial charge on any atom is 0.224 e. The number of hydrogen-bond donors (Lipinski definition) is 0. The second kappa shape index (κ2) is 5.73. The normalized spacial score (nSPS) is 14.1. The van der Waals surface area contributed by atoms with Crippen molar-refractivity contribution in [2.24, 2.45) is 0 Å². The molecule has 1 aliphatic heterocycles. The monoisotopic (exact) mass is 391 g/mol. The predicted octanol–water partition coefficient (Wildman–Crippen LogP) is 5.27. The quantitative estimate of drug-likeness (QED) is 0.528. The molecule has 0 saturated carbocycles. The zero-order chi connectivity index (χ0) is 16.0. The van der Waals surface area contributed by atoms with E-state index in [1.807, 2.05) is 12.1 Å². The summed E-state index contributed by atoms with van der Waals surface area (Å²) in [7, 11) is 0. The van der Waals surface area contributed by atoms with Crippen LogP contribution in [0.4, 0.5) is 15.9 Å². The van der Waals surface area contributed by atoms with Crippen LogP contribution in [0, 0.1) is 5.82 Å². The van der Waals surface area contributed by atoms with Crippen molar-refractivity contribution in [1.82, 2.24) is 9.97 Å². The minimum absolute atomic E-state index is 0.168. The summed E-state index contributed by atoms with van der Waals surface area (Å²) in [5.41, 5.74) is 2.95. The minimum Gasteiger partial charge on any atom is -0.325 e. The second-order valence-electron chi connectivity index (χ2n) is 5.47. The molecule has 1 aromatic heterocycles. The lowest BCUT2D eigenvalue weighted by Gasteiger charge is -2.31. The minimum atomic E-state index is -0.309. The molecular weight excluding hydrogens is 381 g/mol. The van der Waals surface area contributed by atoms with Crippen LogP contribution in [0.2, 0.25) is 5.28 Å². The number of nitrogens with zero attached hydrogens (tertiary/aromatic N) is 3. The lowest BCUT2D eigenvalue weighted by atomic mass is 10.0. The highest BCUT2D eigenvalue weighted by atomic mass is 79.9. The number of hydrogen-bond acceptors (Lipinski definition) is 3. The molecule has 0 spiro atoms. The van der Waals surface area contributed by atoms with Crippen molar-refractivity contribution < 1.29 is 4.39 Å². The largest absolute Gasteiger partial charge is 0.325 e. The molecule has 0 bridgehead atoms. The van der Waals surface area contributed by atoms with E-state index in [1.165, 1.54) is 17.7 Å². The molecule has 0 unspecified atom stereocenters. The molecule has 2 heterocycles. The molecule has 0 aliphatic carbocycles.